The van der Waals surface area contributed by atoms with Gasteiger partial charge in [-0.05, 0) is 24.3 Å². The first-order chi connectivity index (χ1) is 14.7. The largest absolute Gasteiger partial charge is 0.366 e. The molecule has 0 atom stereocenters. The highest BCUT2D eigenvalue weighted by Gasteiger charge is 2.15. The maximum absolute atomic E-state index is 13.5. The summed E-state index contributed by atoms with van der Waals surface area (Å²) in [4.78, 5) is 19.9. The number of alkyl halides is 1. The predicted octanol–water partition coefficient (Wildman–Crippen LogP) is 3.56. The van der Waals surface area contributed by atoms with Crippen LogP contribution in [0.2, 0.25) is 5.02 Å². The van der Waals surface area contributed by atoms with E-state index in [0.717, 1.165) is 6.26 Å². The average molecular weight is 465 g/mol. The van der Waals surface area contributed by atoms with Gasteiger partial charge in [-0.3, -0.25) is 9.52 Å². The molecular weight excluding hydrogens is 447 g/mol. The van der Waals surface area contributed by atoms with Gasteiger partial charge >= 0.3 is 0 Å². The molecule has 0 saturated heterocycles. The maximum atomic E-state index is 13.5. The van der Waals surface area contributed by atoms with Gasteiger partial charge in [0.25, 0.3) is 0 Å². The fourth-order valence-electron chi connectivity index (χ4n) is 2.72. The summed E-state index contributed by atoms with van der Waals surface area (Å²) in [7, 11) is -3.51. The van der Waals surface area contributed by atoms with E-state index in [1.807, 2.05) is 0 Å². The zero-order valence-electron chi connectivity index (χ0n) is 16.2. The third-order valence-electron chi connectivity index (χ3n) is 4.04. The van der Waals surface area contributed by atoms with Crippen LogP contribution < -0.4 is 21.1 Å². The molecule has 1 aromatic heterocycles. The standard InChI is InChI=1S/C19H18ClFN6O3S/c1-31(29,30)27-16-7-3-2-6-15(16)24-18-13(20)10-23-19(26-18)25-14-8-4-5-11(17(22)28)12(14)9-21/h2-8,10,27H,9H2,1H3,(H2,22,28)(H2,23,24,25,26). The minimum atomic E-state index is -3.51. The molecule has 9 nitrogen and oxygen atoms in total. The summed E-state index contributed by atoms with van der Waals surface area (Å²) in [5, 5.41) is 5.96. The van der Waals surface area contributed by atoms with E-state index in [1.165, 1.54) is 12.3 Å². The number of sulfonamides is 1. The summed E-state index contributed by atoms with van der Waals surface area (Å²) in [6.07, 6.45) is 2.35. The number of anilines is 5. The Balaban J connectivity index is 1.93. The van der Waals surface area contributed by atoms with Crippen LogP contribution in [-0.4, -0.2) is 30.5 Å². The summed E-state index contributed by atoms with van der Waals surface area (Å²) >= 11 is 6.18. The van der Waals surface area contributed by atoms with Crippen molar-refractivity contribution in [3.05, 3.63) is 64.8 Å². The Morgan fingerprint density at radius 3 is 2.42 bits per heavy atom. The zero-order valence-corrected chi connectivity index (χ0v) is 17.8. The summed E-state index contributed by atoms with van der Waals surface area (Å²) in [5.41, 5.74) is 6.38. The molecule has 0 unspecified atom stereocenters. The predicted molar refractivity (Wildman–Crippen MR) is 118 cm³/mol. The molecule has 3 rings (SSSR count). The minimum absolute atomic E-state index is 0.0422. The molecule has 0 aliphatic rings. The second kappa shape index (κ2) is 9.14. The van der Waals surface area contributed by atoms with E-state index in [2.05, 4.69) is 25.3 Å². The monoisotopic (exact) mass is 464 g/mol. The van der Waals surface area contributed by atoms with Crippen molar-refractivity contribution in [2.24, 2.45) is 5.73 Å². The van der Waals surface area contributed by atoms with E-state index < -0.39 is 22.6 Å². The van der Waals surface area contributed by atoms with Crippen LogP contribution in [0.1, 0.15) is 15.9 Å². The van der Waals surface area contributed by atoms with Gasteiger partial charge in [0.1, 0.15) is 11.7 Å². The first-order valence-electron chi connectivity index (χ1n) is 8.79. The van der Waals surface area contributed by atoms with Crippen LogP contribution in [0.5, 0.6) is 0 Å². The summed E-state index contributed by atoms with van der Waals surface area (Å²) in [5.74, 6) is -0.516. The summed E-state index contributed by atoms with van der Waals surface area (Å²) < 4.78 is 39.1. The molecule has 0 spiro atoms. The van der Waals surface area contributed by atoms with Crippen molar-refractivity contribution in [3.63, 3.8) is 0 Å². The number of rotatable bonds is 8. The highest BCUT2D eigenvalue weighted by atomic mass is 35.5. The molecule has 1 amide bonds. The highest BCUT2D eigenvalue weighted by Crippen LogP contribution is 2.30. The number of hydrogen-bond acceptors (Lipinski definition) is 7. The molecule has 0 fully saturated rings. The Bertz CT molecular complexity index is 1240. The van der Waals surface area contributed by atoms with Crippen molar-refractivity contribution in [1.82, 2.24) is 9.97 Å². The van der Waals surface area contributed by atoms with Gasteiger partial charge in [0.2, 0.25) is 21.9 Å². The molecule has 12 heteroatoms. The number of nitrogens with two attached hydrogens (primary N) is 1. The van der Waals surface area contributed by atoms with Crippen molar-refractivity contribution in [3.8, 4) is 0 Å². The lowest BCUT2D eigenvalue weighted by Crippen LogP contribution is -2.14. The second-order valence-electron chi connectivity index (χ2n) is 6.39. The zero-order chi connectivity index (χ0) is 22.6. The third kappa shape index (κ3) is 5.58. The molecule has 0 aliphatic heterocycles. The number of amides is 1. The van der Waals surface area contributed by atoms with Crippen LogP contribution >= 0.6 is 11.6 Å². The Hall–Kier alpha value is -3.44. The molecule has 2 aromatic carbocycles. The summed E-state index contributed by atoms with van der Waals surface area (Å²) in [6, 6.07) is 11.1. The van der Waals surface area contributed by atoms with E-state index in [4.69, 9.17) is 17.3 Å². The normalized spacial score (nSPS) is 11.1. The van der Waals surface area contributed by atoms with Crippen molar-refractivity contribution < 1.29 is 17.6 Å². The van der Waals surface area contributed by atoms with Crippen molar-refractivity contribution in [1.29, 1.82) is 0 Å². The Morgan fingerprint density at radius 2 is 1.77 bits per heavy atom. The Labute approximate surface area is 182 Å². The fourth-order valence-corrected chi connectivity index (χ4v) is 3.44. The number of aromatic nitrogens is 2. The number of benzene rings is 2. The first-order valence-corrected chi connectivity index (χ1v) is 11.1. The molecule has 1 heterocycles. The van der Waals surface area contributed by atoms with Gasteiger partial charge in [0.15, 0.2) is 5.82 Å². The van der Waals surface area contributed by atoms with Gasteiger partial charge in [-0.1, -0.05) is 29.8 Å². The number of para-hydroxylation sites is 2. The first kappa shape index (κ1) is 22.2. The van der Waals surface area contributed by atoms with Gasteiger partial charge in [-0.25, -0.2) is 17.8 Å². The maximum Gasteiger partial charge on any atom is 0.249 e. The molecule has 3 aromatic rings. The van der Waals surface area contributed by atoms with Crippen LogP contribution in [0.3, 0.4) is 0 Å². The van der Waals surface area contributed by atoms with Gasteiger partial charge in [-0.15, -0.1) is 0 Å². The average Bonchev–Trinajstić information content (AvgIpc) is 2.70. The van der Waals surface area contributed by atoms with Crippen molar-refractivity contribution in [2.45, 2.75) is 6.67 Å². The lowest BCUT2D eigenvalue weighted by Gasteiger charge is -2.15. The van der Waals surface area contributed by atoms with Gasteiger partial charge in [0.05, 0.1) is 23.8 Å². The molecule has 0 saturated carbocycles. The van der Waals surface area contributed by atoms with E-state index in [-0.39, 0.29) is 33.6 Å². The van der Waals surface area contributed by atoms with Crippen molar-refractivity contribution in [2.75, 3.05) is 21.6 Å². The number of primary amides is 1. The van der Waals surface area contributed by atoms with Crippen LogP contribution in [0.25, 0.3) is 0 Å². The summed E-state index contributed by atoms with van der Waals surface area (Å²) in [6.45, 7) is -0.926. The van der Waals surface area contributed by atoms with Crippen molar-refractivity contribution >= 4 is 56.4 Å². The van der Waals surface area contributed by atoms with E-state index in [9.17, 15) is 17.6 Å². The molecule has 0 bridgehead atoms. The number of nitrogens with zero attached hydrogens (tertiary/aromatic N) is 2. The SMILES string of the molecule is CS(=O)(=O)Nc1ccccc1Nc1nc(Nc2cccc(C(N)=O)c2CF)ncc1Cl. The second-order valence-corrected chi connectivity index (χ2v) is 8.55. The Morgan fingerprint density at radius 1 is 1.10 bits per heavy atom. The van der Waals surface area contributed by atoms with Crippen LogP contribution in [0.4, 0.5) is 33.2 Å². The van der Waals surface area contributed by atoms with Gasteiger partial charge in [-0.2, -0.15) is 4.98 Å². The van der Waals surface area contributed by atoms with Crippen LogP contribution in [0.15, 0.2) is 48.7 Å². The third-order valence-corrected chi connectivity index (χ3v) is 4.91. The topological polar surface area (TPSA) is 139 Å². The smallest absolute Gasteiger partial charge is 0.249 e. The lowest BCUT2D eigenvalue weighted by molar-refractivity contribution is 0.0998. The Kier molecular flexibility index (Phi) is 6.56. The molecule has 5 N–H and O–H groups in total. The van der Waals surface area contributed by atoms with Gasteiger partial charge in [0, 0.05) is 16.8 Å². The van der Waals surface area contributed by atoms with Crippen LogP contribution in [0, 0.1) is 0 Å². The van der Waals surface area contributed by atoms with Crippen LogP contribution in [-0.2, 0) is 16.7 Å². The molecular formula is C19H18ClFN6O3S. The van der Waals surface area contributed by atoms with E-state index in [1.54, 1.807) is 36.4 Å². The number of carbonyl (C=O) groups is 1. The van der Waals surface area contributed by atoms with E-state index in [0.29, 0.717) is 11.4 Å². The molecule has 31 heavy (non-hydrogen) atoms. The fraction of sp³-hybridized carbons (Fsp3) is 0.105. The molecule has 0 radical (unpaired) electrons. The molecule has 162 valence electrons. The molecule has 0 aliphatic carbocycles. The van der Waals surface area contributed by atoms with E-state index >= 15 is 0 Å². The highest BCUT2D eigenvalue weighted by molar-refractivity contribution is 7.92. The van der Waals surface area contributed by atoms with Gasteiger partial charge < -0.3 is 16.4 Å². The number of nitrogens with one attached hydrogen (secondary N) is 3. The minimum Gasteiger partial charge on any atom is -0.366 e. The number of halogens is 2. The quantitative estimate of drug-likeness (QED) is 0.399. The lowest BCUT2D eigenvalue weighted by atomic mass is 10.1. The number of hydrogen-bond donors (Lipinski definition) is 4. The number of carbonyl (C=O) groups excluding carboxylic acids is 1.